The molecule has 0 nitrogen and oxygen atoms in total. The van der Waals surface area contributed by atoms with Crippen molar-refractivity contribution < 1.29 is 0 Å². The van der Waals surface area contributed by atoms with Gasteiger partial charge in [-0.2, -0.15) is 0 Å². The van der Waals surface area contributed by atoms with Crippen molar-refractivity contribution in [3.05, 3.63) is 35.9 Å². The van der Waals surface area contributed by atoms with E-state index >= 15 is 0 Å². The van der Waals surface area contributed by atoms with E-state index in [4.69, 9.17) is 0 Å². The Hall–Kier alpha value is -0.780. The van der Waals surface area contributed by atoms with Crippen LogP contribution in [0.4, 0.5) is 0 Å². The lowest BCUT2D eigenvalue weighted by atomic mass is 10.0. The lowest BCUT2D eigenvalue weighted by Gasteiger charge is -2.01. The average Bonchev–Trinajstić information content (AvgIpc) is 2.05. The van der Waals surface area contributed by atoms with Crippen molar-refractivity contribution in [1.82, 2.24) is 0 Å². The molecule has 74 valence electrons. The van der Waals surface area contributed by atoms with Crippen LogP contribution in [0.15, 0.2) is 30.3 Å². The van der Waals surface area contributed by atoms with E-state index in [-0.39, 0.29) is 0 Å². The molecule has 0 aliphatic rings. The van der Waals surface area contributed by atoms with E-state index < -0.39 is 0 Å². The Morgan fingerprint density at radius 2 is 1.15 bits per heavy atom. The van der Waals surface area contributed by atoms with Crippen LogP contribution in [-0.4, -0.2) is 0 Å². The average molecular weight is 178 g/mol. The minimum Gasteiger partial charge on any atom is -0.0630 e. The summed E-state index contributed by atoms with van der Waals surface area (Å²) in [5.74, 6) is 1.49. The molecule has 1 aromatic carbocycles. The van der Waals surface area contributed by atoms with Gasteiger partial charge in [-0.3, -0.25) is 0 Å². The summed E-state index contributed by atoms with van der Waals surface area (Å²) in [7, 11) is 0. The minimum atomic E-state index is 0.659. The van der Waals surface area contributed by atoms with Gasteiger partial charge in [0.15, 0.2) is 0 Å². The highest BCUT2D eigenvalue weighted by Crippen LogP contribution is 2.11. The fourth-order valence-corrected chi connectivity index (χ4v) is 0.838. The Kier molecular flexibility index (Phi) is 6.30. The lowest BCUT2D eigenvalue weighted by Crippen LogP contribution is -1.83. The van der Waals surface area contributed by atoms with E-state index in [1.165, 1.54) is 5.56 Å². The summed E-state index contributed by atoms with van der Waals surface area (Å²) in [6, 6.07) is 10.5. The van der Waals surface area contributed by atoms with E-state index in [0.717, 1.165) is 5.92 Å². The SMILES string of the molecule is CC(C)C.CC(C)c1ccccc1. The van der Waals surface area contributed by atoms with Gasteiger partial charge in [0.05, 0.1) is 0 Å². The van der Waals surface area contributed by atoms with Crippen LogP contribution in [-0.2, 0) is 0 Å². The van der Waals surface area contributed by atoms with E-state index in [1.807, 2.05) is 6.07 Å². The second kappa shape index (κ2) is 6.71. The van der Waals surface area contributed by atoms with Gasteiger partial charge in [0.1, 0.15) is 0 Å². The molecule has 0 N–H and O–H groups in total. The predicted molar refractivity (Wildman–Crippen MR) is 61.0 cm³/mol. The maximum absolute atomic E-state index is 2.20. The fraction of sp³-hybridized carbons (Fsp3) is 0.538. The molecule has 0 atom stereocenters. The highest BCUT2D eigenvalue weighted by Gasteiger charge is 1.93. The van der Waals surface area contributed by atoms with Gasteiger partial charge >= 0.3 is 0 Å². The molecule has 1 aromatic rings. The molecule has 1 rings (SSSR count). The van der Waals surface area contributed by atoms with Gasteiger partial charge < -0.3 is 0 Å². The third kappa shape index (κ3) is 7.58. The largest absolute Gasteiger partial charge is 0.0630 e. The van der Waals surface area contributed by atoms with Gasteiger partial charge in [0, 0.05) is 0 Å². The minimum absolute atomic E-state index is 0.659. The Bertz CT molecular complexity index is 194. The molecule has 13 heavy (non-hydrogen) atoms. The van der Waals surface area contributed by atoms with E-state index in [9.17, 15) is 0 Å². The first kappa shape index (κ1) is 12.2. The normalized spacial score (nSPS) is 9.77. The fourth-order valence-electron chi connectivity index (χ4n) is 0.838. The van der Waals surface area contributed by atoms with E-state index in [1.54, 1.807) is 0 Å². The monoisotopic (exact) mass is 178 g/mol. The summed E-state index contributed by atoms with van der Waals surface area (Å²) in [5.41, 5.74) is 1.41. The first-order chi connectivity index (χ1) is 6.04. The first-order valence-electron chi connectivity index (χ1n) is 5.09. The van der Waals surface area contributed by atoms with Gasteiger partial charge in [-0.1, -0.05) is 65.0 Å². The molecule has 0 aliphatic heterocycles. The molecule has 0 spiro atoms. The van der Waals surface area contributed by atoms with Crippen molar-refractivity contribution in [2.45, 2.75) is 40.5 Å². The van der Waals surface area contributed by atoms with Crippen LogP contribution < -0.4 is 0 Å². The van der Waals surface area contributed by atoms with Gasteiger partial charge in [-0.05, 0) is 17.4 Å². The van der Waals surface area contributed by atoms with E-state index in [2.05, 4.69) is 58.9 Å². The second-order valence-corrected chi connectivity index (χ2v) is 4.30. The molecule has 0 amide bonds. The molecule has 0 heterocycles. The lowest BCUT2D eigenvalue weighted by molar-refractivity contribution is 0.737. The van der Waals surface area contributed by atoms with Crippen molar-refractivity contribution in [3.63, 3.8) is 0 Å². The van der Waals surface area contributed by atoms with Gasteiger partial charge in [0.25, 0.3) is 0 Å². The zero-order valence-corrected chi connectivity index (χ0v) is 9.54. The number of hydrogen-bond donors (Lipinski definition) is 0. The number of rotatable bonds is 1. The van der Waals surface area contributed by atoms with Crippen LogP contribution in [0, 0.1) is 5.92 Å². The Morgan fingerprint density at radius 3 is 1.38 bits per heavy atom. The van der Waals surface area contributed by atoms with Crippen molar-refractivity contribution >= 4 is 0 Å². The summed E-state index contributed by atoms with van der Waals surface area (Å²) in [6.07, 6.45) is 0. The number of benzene rings is 1. The summed E-state index contributed by atoms with van der Waals surface area (Å²) in [5, 5.41) is 0. The Balaban J connectivity index is 0.000000310. The summed E-state index contributed by atoms with van der Waals surface area (Å²) >= 11 is 0. The summed E-state index contributed by atoms with van der Waals surface area (Å²) in [4.78, 5) is 0. The Morgan fingerprint density at radius 1 is 0.769 bits per heavy atom. The molecule has 0 fully saturated rings. The van der Waals surface area contributed by atoms with Gasteiger partial charge in [-0.25, -0.2) is 0 Å². The van der Waals surface area contributed by atoms with Crippen molar-refractivity contribution in [3.8, 4) is 0 Å². The van der Waals surface area contributed by atoms with Gasteiger partial charge in [0.2, 0.25) is 0 Å². The molecule has 0 aromatic heterocycles. The van der Waals surface area contributed by atoms with Crippen LogP contribution in [0.3, 0.4) is 0 Å². The van der Waals surface area contributed by atoms with Crippen molar-refractivity contribution in [2.75, 3.05) is 0 Å². The molecule has 0 aliphatic carbocycles. The summed E-state index contributed by atoms with van der Waals surface area (Å²) < 4.78 is 0. The molecule has 0 saturated carbocycles. The van der Waals surface area contributed by atoms with E-state index in [0.29, 0.717) is 5.92 Å². The van der Waals surface area contributed by atoms with Gasteiger partial charge in [-0.15, -0.1) is 0 Å². The van der Waals surface area contributed by atoms with Crippen LogP contribution in [0.1, 0.15) is 46.1 Å². The third-order valence-electron chi connectivity index (χ3n) is 1.47. The zero-order valence-electron chi connectivity index (χ0n) is 9.54. The topological polar surface area (TPSA) is 0 Å². The maximum atomic E-state index is 2.20. The molecular formula is C13H22. The smallest absolute Gasteiger partial charge is 0.0219 e. The van der Waals surface area contributed by atoms with Crippen molar-refractivity contribution in [1.29, 1.82) is 0 Å². The molecule has 0 unspecified atom stereocenters. The zero-order chi connectivity index (χ0) is 10.3. The summed E-state index contributed by atoms with van der Waals surface area (Å²) in [6.45, 7) is 10.9. The quantitative estimate of drug-likeness (QED) is 0.595. The van der Waals surface area contributed by atoms with Crippen LogP contribution in [0.5, 0.6) is 0 Å². The van der Waals surface area contributed by atoms with Crippen molar-refractivity contribution in [2.24, 2.45) is 5.92 Å². The highest BCUT2D eigenvalue weighted by atomic mass is 14.0. The van der Waals surface area contributed by atoms with Crippen LogP contribution in [0.25, 0.3) is 0 Å². The first-order valence-corrected chi connectivity index (χ1v) is 5.09. The molecule has 0 radical (unpaired) electrons. The molecular weight excluding hydrogens is 156 g/mol. The van der Waals surface area contributed by atoms with Crippen LogP contribution >= 0.6 is 0 Å². The molecule has 0 heteroatoms. The number of hydrogen-bond acceptors (Lipinski definition) is 0. The molecule has 0 saturated heterocycles. The second-order valence-electron chi connectivity index (χ2n) is 4.30. The molecule has 0 bridgehead atoms. The predicted octanol–water partition coefficient (Wildman–Crippen LogP) is 4.47. The van der Waals surface area contributed by atoms with Crippen LogP contribution in [0.2, 0.25) is 0 Å². The highest BCUT2D eigenvalue weighted by molar-refractivity contribution is 5.17. The standard InChI is InChI=1S/C9H12.C4H10/c1-8(2)9-6-4-3-5-7-9;1-4(2)3/h3-8H,1-2H3;4H,1-3H3. The third-order valence-corrected chi connectivity index (χ3v) is 1.47. The Labute approximate surface area is 83.0 Å². The maximum Gasteiger partial charge on any atom is -0.0219 e.